The summed E-state index contributed by atoms with van der Waals surface area (Å²) in [6, 6.07) is 0. The highest BCUT2D eigenvalue weighted by Crippen LogP contribution is 2.46. The van der Waals surface area contributed by atoms with E-state index >= 15 is 0 Å². The summed E-state index contributed by atoms with van der Waals surface area (Å²) < 4.78 is 19.3. The lowest BCUT2D eigenvalue weighted by Crippen LogP contribution is -2.45. The molecule has 20 heavy (non-hydrogen) atoms. The van der Waals surface area contributed by atoms with Crippen molar-refractivity contribution in [1.29, 1.82) is 0 Å². The third-order valence-electron chi connectivity index (χ3n) is 4.00. The number of hydrogen-bond acceptors (Lipinski definition) is 3. The van der Waals surface area contributed by atoms with Gasteiger partial charge in [-0.1, -0.05) is 11.6 Å². The van der Waals surface area contributed by atoms with E-state index in [1.165, 1.54) is 0 Å². The predicted octanol–water partition coefficient (Wildman–Crippen LogP) is 3.02. The molecule has 0 radical (unpaired) electrons. The Hall–Kier alpha value is -1.20. The standard InChI is InChI=1S/C14H16ClFN2O2/c1-14(2)10-11(15)8(16)7-17-12(10)18(13(14)19)9-5-3-4-6-20-9/h7,9H,3-6H2,1-2H3. The van der Waals surface area contributed by atoms with Crippen LogP contribution in [0.2, 0.25) is 5.02 Å². The van der Waals surface area contributed by atoms with E-state index in [0.717, 1.165) is 25.5 Å². The number of fused-ring (bicyclic) bond motifs is 1. The Bertz CT molecular complexity index is 571. The number of anilines is 1. The number of aromatic nitrogens is 1. The molecule has 1 fully saturated rings. The number of amides is 1. The van der Waals surface area contributed by atoms with Crippen LogP contribution >= 0.6 is 11.6 Å². The first-order valence-electron chi connectivity index (χ1n) is 6.74. The fraction of sp³-hybridized carbons (Fsp3) is 0.571. The van der Waals surface area contributed by atoms with Crippen LogP contribution in [0.1, 0.15) is 38.7 Å². The van der Waals surface area contributed by atoms with Crippen molar-refractivity contribution in [2.45, 2.75) is 44.8 Å². The summed E-state index contributed by atoms with van der Waals surface area (Å²) in [6.45, 7) is 4.10. The molecule has 0 aliphatic carbocycles. The summed E-state index contributed by atoms with van der Waals surface area (Å²) in [7, 11) is 0. The molecule has 0 saturated carbocycles. The van der Waals surface area contributed by atoms with Gasteiger partial charge >= 0.3 is 0 Å². The first-order valence-corrected chi connectivity index (χ1v) is 7.12. The molecule has 2 aliphatic rings. The highest BCUT2D eigenvalue weighted by Gasteiger charge is 2.50. The van der Waals surface area contributed by atoms with Gasteiger partial charge in [0.25, 0.3) is 0 Å². The zero-order chi connectivity index (χ0) is 14.5. The topological polar surface area (TPSA) is 42.4 Å². The summed E-state index contributed by atoms with van der Waals surface area (Å²) in [4.78, 5) is 18.3. The molecule has 0 N–H and O–H groups in total. The molecule has 1 saturated heterocycles. The van der Waals surface area contributed by atoms with E-state index in [1.807, 2.05) is 0 Å². The first-order chi connectivity index (χ1) is 9.44. The Balaban J connectivity index is 2.11. The molecular weight excluding hydrogens is 283 g/mol. The number of carbonyl (C=O) groups is 1. The minimum absolute atomic E-state index is 0.0216. The Morgan fingerprint density at radius 1 is 1.50 bits per heavy atom. The van der Waals surface area contributed by atoms with Crippen molar-refractivity contribution in [2.24, 2.45) is 0 Å². The molecule has 0 bridgehead atoms. The van der Waals surface area contributed by atoms with Gasteiger partial charge in [0.05, 0.1) is 16.6 Å². The molecule has 3 heterocycles. The van der Waals surface area contributed by atoms with E-state index in [2.05, 4.69) is 4.98 Å². The minimum atomic E-state index is -0.887. The molecule has 3 rings (SSSR count). The molecule has 1 aromatic rings. The van der Waals surface area contributed by atoms with Crippen LogP contribution in [-0.2, 0) is 14.9 Å². The van der Waals surface area contributed by atoms with Gasteiger partial charge in [-0.15, -0.1) is 0 Å². The van der Waals surface area contributed by atoms with E-state index < -0.39 is 11.2 Å². The summed E-state index contributed by atoms with van der Waals surface area (Å²) in [6.07, 6.45) is 3.49. The van der Waals surface area contributed by atoms with E-state index in [-0.39, 0.29) is 17.2 Å². The molecule has 1 aromatic heterocycles. The van der Waals surface area contributed by atoms with Crippen LogP contribution in [0.5, 0.6) is 0 Å². The SMILES string of the molecule is CC1(C)C(=O)N(C2CCCCO2)c2ncc(F)c(Cl)c21. The number of pyridine rings is 1. The van der Waals surface area contributed by atoms with E-state index in [1.54, 1.807) is 18.7 Å². The van der Waals surface area contributed by atoms with Crippen molar-refractivity contribution < 1.29 is 13.9 Å². The second-order valence-corrected chi connectivity index (χ2v) is 6.12. The lowest BCUT2D eigenvalue weighted by atomic mass is 9.87. The number of rotatable bonds is 1. The number of carbonyl (C=O) groups excluding carboxylic acids is 1. The third-order valence-corrected chi connectivity index (χ3v) is 4.37. The number of halogens is 2. The zero-order valence-electron chi connectivity index (χ0n) is 11.4. The van der Waals surface area contributed by atoms with Gasteiger partial charge in [-0.3, -0.25) is 9.69 Å². The zero-order valence-corrected chi connectivity index (χ0v) is 12.2. The van der Waals surface area contributed by atoms with Crippen LogP contribution in [0.4, 0.5) is 10.2 Å². The Morgan fingerprint density at radius 2 is 2.25 bits per heavy atom. The molecule has 1 unspecified atom stereocenters. The molecule has 0 aromatic carbocycles. The molecule has 0 spiro atoms. The van der Waals surface area contributed by atoms with Gasteiger partial charge in [0.1, 0.15) is 12.0 Å². The second-order valence-electron chi connectivity index (χ2n) is 5.74. The van der Waals surface area contributed by atoms with Gasteiger partial charge in [0, 0.05) is 12.2 Å². The van der Waals surface area contributed by atoms with Crippen molar-refractivity contribution in [1.82, 2.24) is 4.98 Å². The van der Waals surface area contributed by atoms with Gasteiger partial charge in [0.2, 0.25) is 5.91 Å². The monoisotopic (exact) mass is 298 g/mol. The Labute approximate surface area is 121 Å². The Kier molecular flexibility index (Phi) is 3.21. The molecule has 1 amide bonds. The van der Waals surface area contributed by atoms with Crippen molar-refractivity contribution in [2.75, 3.05) is 11.5 Å². The summed E-state index contributed by atoms with van der Waals surface area (Å²) >= 11 is 6.06. The number of ether oxygens (including phenoxy) is 1. The molecular formula is C14H16ClFN2O2. The quantitative estimate of drug-likeness (QED) is 0.800. The molecule has 4 nitrogen and oxygen atoms in total. The molecule has 1 atom stereocenters. The smallest absolute Gasteiger partial charge is 0.240 e. The average Bonchev–Trinajstić information content (AvgIpc) is 2.63. The summed E-state index contributed by atoms with van der Waals surface area (Å²) in [5.74, 6) is -0.310. The number of nitrogens with zero attached hydrogens (tertiary/aromatic N) is 2. The van der Waals surface area contributed by atoms with Crippen LogP contribution in [0, 0.1) is 5.82 Å². The lowest BCUT2D eigenvalue weighted by molar-refractivity contribution is -0.125. The van der Waals surface area contributed by atoms with Gasteiger partial charge in [-0.05, 0) is 33.1 Å². The maximum Gasteiger partial charge on any atom is 0.240 e. The average molecular weight is 299 g/mol. The fourth-order valence-corrected chi connectivity index (χ4v) is 3.26. The highest BCUT2D eigenvalue weighted by molar-refractivity contribution is 6.33. The predicted molar refractivity (Wildman–Crippen MR) is 73.3 cm³/mol. The Morgan fingerprint density at radius 3 is 2.90 bits per heavy atom. The largest absolute Gasteiger partial charge is 0.358 e. The van der Waals surface area contributed by atoms with Crippen LogP contribution in [0.25, 0.3) is 0 Å². The van der Waals surface area contributed by atoms with E-state index in [0.29, 0.717) is 18.0 Å². The van der Waals surface area contributed by atoms with Gasteiger partial charge in [0.15, 0.2) is 5.82 Å². The van der Waals surface area contributed by atoms with Crippen molar-refractivity contribution in [3.63, 3.8) is 0 Å². The van der Waals surface area contributed by atoms with Gasteiger partial charge in [-0.2, -0.15) is 0 Å². The maximum absolute atomic E-state index is 13.7. The normalized spacial score (nSPS) is 24.9. The summed E-state index contributed by atoms with van der Waals surface area (Å²) in [5, 5.41) is -0.0216. The van der Waals surface area contributed by atoms with Crippen molar-refractivity contribution in [3.8, 4) is 0 Å². The van der Waals surface area contributed by atoms with Crippen LogP contribution in [-0.4, -0.2) is 23.7 Å². The molecule has 6 heteroatoms. The fourth-order valence-electron chi connectivity index (χ4n) is 2.89. The number of hydrogen-bond donors (Lipinski definition) is 0. The lowest BCUT2D eigenvalue weighted by Gasteiger charge is -2.31. The first kappa shape index (κ1) is 13.8. The molecule has 2 aliphatic heterocycles. The van der Waals surface area contributed by atoms with E-state index in [4.69, 9.17) is 16.3 Å². The van der Waals surface area contributed by atoms with Crippen LogP contribution in [0.3, 0.4) is 0 Å². The third kappa shape index (κ3) is 1.84. The van der Waals surface area contributed by atoms with Gasteiger partial charge in [-0.25, -0.2) is 9.37 Å². The minimum Gasteiger partial charge on any atom is -0.358 e. The molecule has 108 valence electrons. The van der Waals surface area contributed by atoms with Crippen molar-refractivity contribution in [3.05, 3.63) is 22.6 Å². The van der Waals surface area contributed by atoms with Crippen molar-refractivity contribution >= 4 is 23.3 Å². The maximum atomic E-state index is 13.7. The van der Waals surface area contributed by atoms with Crippen LogP contribution < -0.4 is 4.90 Å². The summed E-state index contributed by atoms with van der Waals surface area (Å²) in [5.41, 5.74) is -0.430. The van der Waals surface area contributed by atoms with E-state index in [9.17, 15) is 9.18 Å². The van der Waals surface area contributed by atoms with Crippen LogP contribution in [0.15, 0.2) is 6.20 Å². The van der Waals surface area contributed by atoms with Gasteiger partial charge < -0.3 is 4.74 Å². The second kappa shape index (κ2) is 4.67. The highest BCUT2D eigenvalue weighted by atomic mass is 35.5.